The number of amides is 1. The lowest BCUT2D eigenvalue weighted by Crippen LogP contribution is -2.47. The zero-order valence-electron chi connectivity index (χ0n) is 25.5. The lowest BCUT2D eigenvalue weighted by molar-refractivity contribution is -0.713. The van der Waals surface area contributed by atoms with Gasteiger partial charge in [-0.05, 0) is 62.2 Å². The lowest BCUT2D eigenvalue weighted by Gasteiger charge is -2.20. The van der Waals surface area contributed by atoms with E-state index in [1.54, 1.807) is 42.5 Å². The Morgan fingerprint density at radius 2 is 1.73 bits per heavy atom. The second kappa shape index (κ2) is 13.7. The number of rotatable bonds is 10. The van der Waals surface area contributed by atoms with Gasteiger partial charge in [-0.2, -0.15) is 18.3 Å². The van der Waals surface area contributed by atoms with Crippen LogP contribution in [0.5, 0.6) is 0 Å². The predicted molar refractivity (Wildman–Crippen MR) is 162 cm³/mol. The molecule has 1 amide bonds. The maximum atomic E-state index is 13.6. The summed E-state index contributed by atoms with van der Waals surface area (Å²) in [6.07, 6.45) is -5.51. The number of halogens is 3. The molecule has 4 aromatic rings. The van der Waals surface area contributed by atoms with E-state index in [2.05, 4.69) is 10.4 Å². The number of nitrogens with zero attached hydrogens (tertiary/aromatic N) is 5. The van der Waals surface area contributed by atoms with Crippen LogP contribution in [0.25, 0.3) is 16.9 Å². The zero-order chi connectivity index (χ0) is 34.6. The highest BCUT2D eigenvalue weighted by Gasteiger charge is 2.39. The number of esters is 1. The molecule has 0 radical (unpaired) electrons. The van der Waals surface area contributed by atoms with Gasteiger partial charge in [-0.15, -0.1) is 5.01 Å². The van der Waals surface area contributed by atoms with Crippen LogP contribution < -0.4 is 4.72 Å². The van der Waals surface area contributed by atoms with Crippen molar-refractivity contribution in [1.82, 2.24) is 19.5 Å². The van der Waals surface area contributed by atoms with Gasteiger partial charge >= 0.3 is 12.1 Å². The third-order valence-electron chi connectivity index (χ3n) is 7.27. The van der Waals surface area contributed by atoms with E-state index >= 15 is 0 Å². The molecule has 17 heteroatoms. The fourth-order valence-corrected chi connectivity index (χ4v) is 5.88. The molecule has 2 heterocycles. The van der Waals surface area contributed by atoms with Crippen molar-refractivity contribution in [2.45, 2.75) is 50.1 Å². The van der Waals surface area contributed by atoms with Crippen LogP contribution in [0.1, 0.15) is 41.4 Å². The Balaban J connectivity index is 1.27. The molecule has 3 aromatic carbocycles. The van der Waals surface area contributed by atoms with Gasteiger partial charge in [0.2, 0.25) is 5.28 Å². The minimum Gasteiger partial charge on any atom is -0.569 e. The first kappa shape index (κ1) is 33.9. The molecule has 0 spiro atoms. The molecular formula is C31H29F3N6O7S. The lowest BCUT2D eigenvalue weighted by atomic mass is 10.1. The molecule has 1 saturated heterocycles. The van der Waals surface area contributed by atoms with Gasteiger partial charge in [0.1, 0.15) is 0 Å². The summed E-state index contributed by atoms with van der Waals surface area (Å²) in [5, 5.41) is 20.6. The van der Waals surface area contributed by atoms with Crippen LogP contribution in [-0.2, 0) is 30.6 Å². The smallest absolute Gasteiger partial charge is 0.435 e. The van der Waals surface area contributed by atoms with Crippen LogP contribution in [0.3, 0.4) is 0 Å². The van der Waals surface area contributed by atoms with Crippen LogP contribution in [0.2, 0.25) is 0 Å². The summed E-state index contributed by atoms with van der Waals surface area (Å²) in [7, 11) is -4.47. The number of alkyl halides is 3. The van der Waals surface area contributed by atoms with Crippen molar-refractivity contribution < 1.29 is 45.7 Å². The van der Waals surface area contributed by atoms with Crippen molar-refractivity contribution in [2.75, 3.05) is 6.54 Å². The van der Waals surface area contributed by atoms with E-state index in [1.807, 2.05) is 11.6 Å². The summed E-state index contributed by atoms with van der Waals surface area (Å²) in [6.45, 7) is 3.21. The monoisotopic (exact) mass is 686 g/mol. The fraction of sp³-hybridized carbons (Fsp3) is 0.258. The molecule has 1 N–H and O–H groups in total. The third kappa shape index (κ3) is 7.74. The van der Waals surface area contributed by atoms with Crippen LogP contribution in [0, 0.1) is 12.1 Å². The Hall–Kier alpha value is -5.45. The number of hydrazine groups is 1. The quantitative estimate of drug-likeness (QED) is 0.0783. The normalized spacial score (nSPS) is 16.0. The average Bonchev–Trinajstić information content (AvgIpc) is 3.73. The number of ether oxygens (including phenoxy) is 1. The number of nitrogens with one attached hydrogen (secondary N) is 1. The predicted octanol–water partition coefficient (Wildman–Crippen LogP) is 5.15. The summed E-state index contributed by atoms with van der Waals surface area (Å²) in [5.41, 5.74) is 0.757. The Morgan fingerprint density at radius 1 is 1.06 bits per heavy atom. The molecule has 1 aliphatic heterocycles. The van der Waals surface area contributed by atoms with Gasteiger partial charge in [0.05, 0.1) is 33.4 Å². The third-order valence-corrected chi connectivity index (χ3v) is 8.63. The van der Waals surface area contributed by atoms with Crippen LogP contribution >= 0.6 is 0 Å². The van der Waals surface area contributed by atoms with Crippen molar-refractivity contribution in [1.29, 1.82) is 0 Å². The highest BCUT2D eigenvalue weighted by atomic mass is 32.2. The van der Waals surface area contributed by atoms with Gasteiger partial charge in [-0.1, -0.05) is 48.0 Å². The van der Waals surface area contributed by atoms with E-state index in [-0.39, 0.29) is 39.8 Å². The number of hydrogen-bond donors (Lipinski definition) is 1. The zero-order valence-corrected chi connectivity index (χ0v) is 26.3. The highest BCUT2D eigenvalue weighted by molar-refractivity contribution is 7.90. The van der Waals surface area contributed by atoms with Gasteiger partial charge < -0.3 is 9.94 Å². The second-order valence-corrected chi connectivity index (χ2v) is 12.4. The van der Waals surface area contributed by atoms with E-state index in [0.717, 1.165) is 33.5 Å². The molecule has 0 saturated carbocycles. The number of carbonyl (C=O) groups is 2. The number of carbonyl (C=O) groups excluding carboxylic acids is 2. The number of benzene rings is 3. The Morgan fingerprint density at radius 3 is 2.38 bits per heavy atom. The van der Waals surface area contributed by atoms with Crippen molar-refractivity contribution >= 4 is 21.9 Å². The van der Waals surface area contributed by atoms with Gasteiger partial charge in [-0.3, -0.25) is 9.63 Å². The Kier molecular flexibility index (Phi) is 9.69. The van der Waals surface area contributed by atoms with Crippen molar-refractivity contribution in [3.05, 3.63) is 107 Å². The van der Waals surface area contributed by atoms with Crippen LogP contribution in [0.15, 0.2) is 95.1 Å². The summed E-state index contributed by atoms with van der Waals surface area (Å²) in [6, 6.07) is 19.2. The summed E-state index contributed by atoms with van der Waals surface area (Å²) >= 11 is 0. The van der Waals surface area contributed by atoms with Gasteiger partial charge in [0.15, 0.2) is 11.7 Å². The molecular weight excluding hydrogens is 657 g/mol. The molecule has 0 aliphatic carbocycles. The number of hydrogen-bond acceptors (Lipinski definition) is 9. The fourth-order valence-electron chi connectivity index (χ4n) is 4.86. The molecule has 1 aliphatic rings. The molecule has 13 nitrogen and oxygen atoms in total. The molecule has 5 rings (SSSR count). The van der Waals surface area contributed by atoms with Gasteiger partial charge in [0, 0.05) is 12.5 Å². The number of sulfonamides is 1. The maximum absolute atomic E-state index is 13.6. The Bertz CT molecular complexity index is 1920. The largest absolute Gasteiger partial charge is 0.569 e. The Labute approximate surface area is 272 Å². The number of aromatic nitrogens is 2. The van der Waals surface area contributed by atoms with Gasteiger partial charge in [-0.25, -0.2) is 22.6 Å². The number of aryl methyl sites for hydroxylation is 1. The van der Waals surface area contributed by atoms with Crippen LogP contribution in [-0.4, -0.2) is 58.9 Å². The minimum atomic E-state index is -4.72. The standard InChI is InChI=1S/C31H29F3N6O7S/c1-20-10-12-22(13-11-20)27-19-28(31(32,33)34)35-39(27)24-14-16-25(17-15-24)48(44,45)36-29(41)26-9-6-18-38(26)40(43)37-47-21(2)46-30(42)23-7-4-3-5-8-23/h3-5,7-8,10-17,19,21,26H,6,9,18H2,1-2H3,(H,36,41)/b40-37+/t21?,26-/m0/s1. The first-order valence-electron chi connectivity index (χ1n) is 14.5. The van der Waals surface area contributed by atoms with E-state index < -0.39 is 46.1 Å². The molecule has 0 bridgehead atoms. The van der Waals surface area contributed by atoms with Gasteiger partial charge in [0.25, 0.3) is 22.2 Å². The molecule has 2 atom stereocenters. The minimum absolute atomic E-state index is 0.0174. The highest BCUT2D eigenvalue weighted by Crippen LogP contribution is 2.33. The molecule has 1 aromatic heterocycles. The summed E-state index contributed by atoms with van der Waals surface area (Å²) in [5.74, 6) is -1.73. The van der Waals surface area contributed by atoms with Crippen LogP contribution in [0.4, 0.5) is 13.2 Å². The summed E-state index contributed by atoms with van der Waals surface area (Å²) in [4.78, 5) is 29.8. The second-order valence-electron chi connectivity index (χ2n) is 10.8. The van der Waals surface area contributed by atoms with Crippen molar-refractivity contribution in [3.8, 4) is 16.9 Å². The van der Waals surface area contributed by atoms with E-state index in [0.29, 0.717) is 12.0 Å². The molecule has 252 valence electrons. The first-order chi connectivity index (χ1) is 22.7. The first-order valence-corrected chi connectivity index (χ1v) is 16.0. The molecule has 1 unspecified atom stereocenters. The average molecular weight is 687 g/mol. The van der Waals surface area contributed by atoms with Crippen molar-refractivity contribution in [2.24, 2.45) is 5.28 Å². The van der Waals surface area contributed by atoms with E-state index in [1.165, 1.54) is 31.2 Å². The van der Waals surface area contributed by atoms with E-state index in [9.17, 15) is 36.4 Å². The topological polar surface area (TPSA) is 158 Å². The molecule has 48 heavy (non-hydrogen) atoms. The SMILES string of the molecule is Cc1ccc(-c2cc(C(F)(F)F)nn2-c2ccc(S(=O)(=O)NC(=O)[C@@H]3CCCN3/[N+]([O-])=N\OC(C)OC(=O)c3ccccc3)cc2)cc1. The maximum Gasteiger partial charge on any atom is 0.435 e. The van der Waals surface area contributed by atoms with E-state index in [4.69, 9.17) is 9.57 Å². The molecule has 1 fully saturated rings. The van der Waals surface area contributed by atoms with Crippen molar-refractivity contribution in [3.63, 3.8) is 0 Å². The summed E-state index contributed by atoms with van der Waals surface area (Å²) < 4.78 is 74.9.